The van der Waals surface area contributed by atoms with Crippen LogP contribution >= 0.6 is 0 Å². The van der Waals surface area contributed by atoms with Gasteiger partial charge < -0.3 is 10.0 Å². The van der Waals surface area contributed by atoms with Gasteiger partial charge in [0, 0.05) is 19.6 Å². The number of aliphatic hydroxyl groups excluding tert-OH is 1. The second-order valence-electron chi connectivity index (χ2n) is 4.68. The van der Waals surface area contributed by atoms with E-state index in [4.69, 9.17) is 5.14 Å². The SMILES string of the molecule is NS(=O)(=O)c1ccc(CCN2CC[C@H](O)C2)cc1. The molecule has 1 aromatic rings. The maximum absolute atomic E-state index is 11.1. The van der Waals surface area contributed by atoms with Crippen molar-refractivity contribution in [1.29, 1.82) is 0 Å². The summed E-state index contributed by atoms with van der Waals surface area (Å²) in [5.41, 5.74) is 1.07. The Morgan fingerprint density at radius 1 is 1.33 bits per heavy atom. The van der Waals surface area contributed by atoms with Crippen molar-refractivity contribution in [3.8, 4) is 0 Å². The van der Waals surface area contributed by atoms with Crippen LogP contribution < -0.4 is 5.14 Å². The van der Waals surface area contributed by atoms with Gasteiger partial charge in [0.15, 0.2) is 0 Å². The molecule has 0 spiro atoms. The van der Waals surface area contributed by atoms with Crippen LogP contribution in [0.15, 0.2) is 29.2 Å². The van der Waals surface area contributed by atoms with Gasteiger partial charge in [-0.1, -0.05) is 12.1 Å². The molecular weight excluding hydrogens is 252 g/mol. The molecule has 0 aliphatic carbocycles. The fourth-order valence-electron chi connectivity index (χ4n) is 2.15. The fraction of sp³-hybridized carbons (Fsp3) is 0.500. The van der Waals surface area contributed by atoms with E-state index < -0.39 is 10.0 Å². The number of nitrogens with two attached hydrogens (primary N) is 1. The maximum atomic E-state index is 11.1. The molecule has 100 valence electrons. The molecule has 0 aromatic heterocycles. The van der Waals surface area contributed by atoms with Crippen molar-refractivity contribution >= 4 is 10.0 Å². The first-order chi connectivity index (χ1) is 8.45. The predicted octanol–water partition coefficient (Wildman–Crippen LogP) is -0.0569. The zero-order valence-electron chi connectivity index (χ0n) is 10.1. The van der Waals surface area contributed by atoms with Gasteiger partial charge in [-0.15, -0.1) is 0 Å². The fourth-order valence-corrected chi connectivity index (χ4v) is 2.66. The summed E-state index contributed by atoms with van der Waals surface area (Å²) in [6.07, 6.45) is 1.48. The molecule has 1 atom stereocenters. The van der Waals surface area contributed by atoms with Crippen LogP contribution in [0, 0.1) is 0 Å². The molecule has 18 heavy (non-hydrogen) atoms. The zero-order chi connectivity index (χ0) is 13.2. The van der Waals surface area contributed by atoms with Crippen LogP contribution in [0.3, 0.4) is 0 Å². The molecule has 0 bridgehead atoms. The lowest BCUT2D eigenvalue weighted by Crippen LogP contribution is -2.24. The minimum Gasteiger partial charge on any atom is -0.392 e. The molecule has 0 saturated carbocycles. The molecule has 5 nitrogen and oxygen atoms in total. The first-order valence-corrected chi connectivity index (χ1v) is 7.52. The molecule has 2 rings (SSSR count). The van der Waals surface area contributed by atoms with Gasteiger partial charge in [-0.3, -0.25) is 0 Å². The standard InChI is InChI=1S/C12H18N2O3S/c13-18(16,17)12-3-1-10(2-4-12)5-7-14-8-6-11(15)9-14/h1-4,11,15H,5-9H2,(H2,13,16,17)/t11-/m0/s1. The number of benzene rings is 1. The summed E-state index contributed by atoms with van der Waals surface area (Å²) in [5.74, 6) is 0. The Kier molecular flexibility index (Phi) is 4.01. The average Bonchev–Trinajstić information content (AvgIpc) is 2.72. The monoisotopic (exact) mass is 270 g/mol. The van der Waals surface area contributed by atoms with Crippen molar-refractivity contribution in [1.82, 2.24) is 4.90 Å². The summed E-state index contributed by atoms with van der Waals surface area (Å²) >= 11 is 0. The normalized spacial score (nSPS) is 21.3. The van der Waals surface area contributed by atoms with Gasteiger partial charge in [-0.25, -0.2) is 13.6 Å². The Morgan fingerprint density at radius 2 is 2.00 bits per heavy atom. The van der Waals surface area contributed by atoms with Crippen LogP contribution in [0.5, 0.6) is 0 Å². The van der Waals surface area contributed by atoms with E-state index in [0.29, 0.717) is 0 Å². The van der Waals surface area contributed by atoms with E-state index in [-0.39, 0.29) is 11.0 Å². The molecule has 6 heteroatoms. The number of hydrogen-bond acceptors (Lipinski definition) is 4. The molecule has 0 radical (unpaired) electrons. The first-order valence-electron chi connectivity index (χ1n) is 5.97. The Morgan fingerprint density at radius 3 is 2.50 bits per heavy atom. The molecule has 3 N–H and O–H groups in total. The van der Waals surface area contributed by atoms with Gasteiger partial charge in [0.1, 0.15) is 0 Å². The zero-order valence-corrected chi connectivity index (χ0v) is 10.9. The first kappa shape index (κ1) is 13.5. The van der Waals surface area contributed by atoms with Gasteiger partial charge in [-0.05, 0) is 30.5 Å². The number of primary sulfonamides is 1. The largest absolute Gasteiger partial charge is 0.392 e. The second-order valence-corrected chi connectivity index (χ2v) is 6.24. The molecule has 1 fully saturated rings. The molecule has 0 unspecified atom stereocenters. The highest BCUT2D eigenvalue weighted by molar-refractivity contribution is 7.89. The minimum absolute atomic E-state index is 0.142. The van der Waals surface area contributed by atoms with E-state index in [1.165, 1.54) is 12.1 Å². The highest BCUT2D eigenvalue weighted by Crippen LogP contribution is 2.12. The summed E-state index contributed by atoms with van der Waals surface area (Å²) in [6.45, 7) is 2.54. The molecule has 1 aliphatic rings. The van der Waals surface area contributed by atoms with Crippen molar-refractivity contribution in [2.45, 2.75) is 23.8 Å². The van der Waals surface area contributed by atoms with Gasteiger partial charge in [0.05, 0.1) is 11.0 Å². The summed E-state index contributed by atoms with van der Waals surface area (Å²) in [7, 11) is -3.60. The van der Waals surface area contributed by atoms with Crippen molar-refractivity contribution in [2.24, 2.45) is 5.14 Å². The third-order valence-corrected chi connectivity index (χ3v) is 4.15. The number of nitrogens with zero attached hydrogens (tertiary/aromatic N) is 1. The molecule has 0 amide bonds. The van der Waals surface area contributed by atoms with Gasteiger partial charge >= 0.3 is 0 Å². The summed E-state index contributed by atoms with van der Waals surface area (Å²) in [6, 6.07) is 6.63. The van der Waals surface area contributed by atoms with Crippen LogP contribution in [0.25, 0.3) is 0 Å². The molecular formula is C12H18N2O3S. The Labute approximate surface area is 107 Å². The van der Waals surface area contributed by atoms with E-state index in [1.54, 1.807) is 12.1 Å². The van der Waals surface area contributed by atoms with E-state index in [1.807, 2.05) is 0 Å². The van der Waals surface area contributed by atoms with Gasteiger partial charge in [-0.2, -0.15) is 0 Å². The van der Waals surface area contributed by atoms with E-state index in [0.717, 1.165) is 38.0 Å². The highest BCUT2D eigenvalue weighted by atomic mass is 32.2. The van der Waals surface area contributed by atoms with Crippen LogP contribution in [0.4, 0.5) is 0 Å². The van der Waals surface area contributed by atoms with Crippen molar-refractivity contribution in [3.05, 3.63) is 29.8 Å². The van der Waals surface area contributed by atoms with Crippen molar-refractivity contribution in [2.75, 3.05) is 19.6 Å². The quantitative estimate of drug-likeness (QED) is 0.803. The van der Waals surface area contributed by atoms with Crippen LogP contribution in [-0.4, -0.2) is 44.2 Å². The van der Waals surface area contributed by atoms with E-state index in [9.17, 15) is 13.5 Å². The number of sulfonamides is 1. The van der Waals surface area contributed by atoms with E-state index in [2.05, 4.69) is 4.90 Å². The summed E-state index contributed by atoms with van der Waals surface area (Å²) in [4.78, 5) is 2.35. The molecule has 1 saturated heterocycles. The summed E-state index contributed by atoms with van der Waals surface area (Å²) < 4.78 is 22.2. The Bertz CT molecular complexity index is 499. The number of likely N-dealkylation sites (tertiary alicyclic amines) is 1. The smallest absolute Gasteiger partial charge is 0.238 e. The molecule has 1 aliphatic heterocycles. The van der Waals surface area contributed by atoms with Gasteiger partial charge in [0.2, 0.25) is 10.0 Å². The average molecular weight is 270 g/mol. The predicted molar refractivity (Wildman–Crippen MR) is 68.6 cm³/mol. The third kappa shape index (κ3) is 3.52. The number of β-amino-alcohol motifs (C(OH)–C–C–N with tert-alkyl or cyclic N) is 1. The lowest BCUT2D eigenvalue weighted by Gasteiger charge is -2.14. The van der Waals surface area contributed by atoms with Crippen LogP contribution in [0.1, 0.15) is 12.0 Å². The van der Waals surface area contributed by atoms with Crippen LogP contribution in [0.2, 0.25) is 0 Å². The van der Waals surface area contributed by atoms with Crippen molar-refractivity contribution in [3.63, 3.8) is 0 Å². The molecule has 1 aromatic carbocycles. The lowest BCUT2D eigenvalue weighted by molar-refractivity contribution is 0.177. The second kappa shape index (κ2) is 5.36. The molecule has 1 heterocycles. The number of hydrogen-bond donors (Lipinski definition) is 2. The van der Waals surface area contributed by atoms with Crippen LogP contribution in [-0.2, 0) is 16.4 Å². The number of aliphatic hydroxyl groups is 1. The van der Waals surface area contributed by atoms with E-state index >= 15 is 0 Å². The topological polar surface area (TPSA) is 83.6 Å². The number of rotatable bonds is 4. The third-order valence-electron chi connectivity index (χ3n) is 3.22. The maximum Gasteiger partial charge on any atom is 0.238 e. The van der Waals surface area contributed by atoms with Crippen molar-refractivity contribution < 1.29 is 13.5 Å². The van der Waals surface area contributed by atoms with Gasteiger partial charge in [0.25, 0.3) is 0 Å². The highest BCUT2D eigenvalue weighted by Gasteiger charge is 2.19. The minimum atomic E-state index is -3.60. The Balaban J connectivity index is 1.91. The summed E-state index contributed by atoms with van der Waals surface area (Å²) in [5, 5.41) is 14.4. The lowest BCUT2D eigenvalue weighted by atomic mass is 10.1. The Hall–Kier alpha value is -0.950.